The molecular weight excluding hydrogens is 1070 g/mol. The summed E-state index contributed by atoms with van der Waals surface area (Å²) in [6.07, 6.45) is 59.7. The SMILES string of the molecule is C1=CN=CC1.c1c[nH]cn1.c1cc[nH]c1.c1cc[nH]c1.c1ccc2[nH]cnc2c1.c1ccncc1.c1ccoc1.c1ccoc1.c1ccsc1.c1cn[nH]c1.c1cnccn1.c1cncnc1.c1cncnc1.c1cocn1.c1cocn1. The van der Waals surface area contributed by atoms with Crippen LogP contribution in [0, 0.1) is 0 Å². The van der Waals surface area contributed by atoms with Crippen molar-refractivity contribution in [2.45, 2.75) is 6.42 Å². The van der Waals surface area contributed by atoms with Gasteiger partial charge < -0.3 is 37.6 Å². The molecule has 1 aliphatic rings. The summed E-state index contributed by atoms with van der Waals surface area (Å²) in [6, 6.07) is 38.2. The predicted molar refractivity (Wildman–Crippen MR) is 322 cm³/mol. The van der Waals surface area contributed by atoms with Crippen LogP contribution in [0.25, 0.3) is 11.0 Å². The Hall–Kier alpha value is -11.9. The molecule has 16 rings (SSSR count). The molecule has 0 radical (unpaired) electrons. The third-order valence-electron chi connectivity index (χ3n) is 7.64. The molecule has 15 heterocycles. The second kappa shape index (κ2) is 59.4. The van der Waals surface area contributed by atoms with Crippen LogP contribution in [0.3, 0.4) is 0 Å². The first-order valence-electron chi connectivity index (χ1n) is 24.5. The highest BCUT2D eigenvalue weighted by molar-refractivity contribution is 7.07. The number of oxazole rings is 2. The van der Waals surface area contributed by atoms with Gasteiger partial charge in [-0.1, -0.05) is 36.4 Å². The minimum atomic E-state index is 1.03. The number of para-hydroxylation sites is 2. The average Bonchev–Trinajstić information content (AvgIpc) is 4.41. The quantitative estimate of drug-likeness (QED) is 0.0942. The molecule has 0 bridgehead atoms. The minimum absolute atomic E-state index is 1.03. The van der Waals surface area contributed by atoms with Gasteiger partial charge in [0.2, 0.25) is 0 Å². The number of hydrogen-bond acceptors (Lipinski definition) is 18. The van der Waals surface area contributed by atoms with E-state index in [1.807, 2.05) is 157 Å². The van der Waals surface area contributed by atoms with Crippen molar-refractivity contribution >= 4 is 28.6 Å². The summed E-state index contributed by atoms with van der Waals surface area (Å²) in [5.41, 5.74) is 2.12. The lowest BCUT2D eigenvalue weighted by molar-refractivity contribution is 0.557. The van der Waals surface area contributed by atoms with E-state index in [9.17, 15) is 0 Å². The third kappa shape index (κ3) is 52.0. The van der Waals surface area contributed by atoms with E-state index < -0.39 is 0 Å². The van der Waals surface area contributed by atoms with Gasteiger partial charge in [-0.25, -0.2) is 39.9 Å². The van der Waals surface area contributed by atoms with E-state index in [4.69, 9.17) is 0 Å². The number of furan rings is 2. The summed E-state index contributed by atoms with van der Waals surface area (Å²) in [4.78, 5) is 56.0. The predicted octanol–water partition coefficient (Wildman–Crippen LogP) is 13.6. The van der Waals surface area contributed by atoms with Gasteiger partial charge in [0, 0.05) is 130 Å². The molecule has 0 atom stereocenters. The Bertz CT molecular complexity index is 2450. The summed E-state index contributed by atoms with van der Waals surface area (Å²) < 4.78 is 18.1. The van der Waals surface area contributed by atoms with E-state index in [0.717, 1.165) is 17.5 Å². The second-order valence-electron chi connectivity index (χ2n) is 13.6. The zero-order valence-corrected chi connectivity index (χ0v) is 45.8. The van der Waals surface area contributed by atoms with Crippen LogP contribution in [0.2, 0.25) is 0 Å². The number of allylic oxidation sites excluding steroid dienone is 1. The molecule has 0 amide bonds. The molecule has 1 aromatic carbocycles. The number of aliphatic imine (C=N–C) groups is 1. The fourth-order valence-electron chi connectivity index (χ4n) is 4.27. The normalized spacial score (nSPS) is 8.82. The number of imidazole rings is 2. The van der Waals surface area contributed by atoms with Gasteiger partial charge in [0.05, 0.1) is 61.1 Å². The molecule has 0 saturated carbocycles. The number of fused-ring (bicyclic) bond motifs is 1. The molecule has 1 aliphatic heterocycles. The molecule has 83 heavy (non-hydrogen) atoms. The van der Waals surface area contributed by atoms with Crippen molar-refractivity contribution in [3.8, 4) is 0 Å². The molecule has 424 valence electrons. The van der Waals surface area contributed by atoms with E-state index >= 15 is 0 Å². The number of rotatable bonds is 0. The average molecular weight is 1130 g/mol. The molecule has 0 saturated heterocycles. The van der Waals surface area contributed by atoms with E-state index in [1.165, 1.54) is 38.0 Å². The molecule has 23 heteroatoms. The van der Waals surface area contributed by atoms with Gasteiger partial charge in [0.15, 0.2) is 12.8 Å². The van der Waals surface area contributed by atoms with E-state index in [0.29, 0.717) is 0 Å². The number of nitrogens with zero attached hydrogens (tertiary/aromatic N) is 13. The maximum atomic E-state index is 4.58. The number of thiophene rings is 1. The second-order valence-corrected chi connectivity index (χ2v) is 14.4. The molecule has 5 N–H and O–H groups in total. The van der Waals surface area contributed by atoms with Gasteiger partial charge in [0.1, 0.15) is 25.2 Å². The van der Waals surface area contributed by atoms with Crippen molar-refractivity contribution in [2.24, 2.45) is 4.99 Å². The highest BCUT2D eigenvalue weighted by atomic mass is 32.1. The zero-order chi connectivity index (χ0) is 58.4. The third-order valence-corrected chi connectivity index (χ3v) is 8.27. The summed E-state index contributed by atoms with van der Waals surface area (Å²) in [7, 11) is 0. The molecule has 0 fully saturated rings. The maximum absolute atomic E-state index is 4.58. The number of pyridine rings is 1. The Morgan fingerprint density at radius 3 is 1.13 bits per heavy atom. The smallest absolute Gasteiger partial charge is 0.180 e. The number of benzene rings is 1. The molecule has 15 aromatic rings. The largest absolute Gasteiger partial charge is 0.473 e. The molecule has 22 nitrogen and oxygen atoms in total. The van der Waals surface area contributed by atoms with Gasteiger partial charge >= 0.3 is 0 Å². The van der Waals surface area contributed by atoms with Crippen LogP contribution >= 0.6 is 11.3 Å². The van der Waals surface area contributed by atoms with Crippen LogP contribution in [-0.4, -0.2) is 91.2 Å². The standard InChI is InChI=1S/C7H6N2.C5H5N.3C4H4N2.3C4H5N.2C4H4O.C4H4S.2C3H4N2.2C3H3NO/c1-2-4-7-6(3-1)8-5-9-7;1-2-4-6-5-3-1;1-2-6-4-3-5-1;2*1-2-5-4-6-3-1;6*1-2-4-5-3-1;1-2-5-3-4-1;1-2-4-5-3-1;2*1-2-5-3-4-1/h1-5H,(H,8,9);1-5H;3*1-4H;1,3-4H,2H2;2*1-5H;3*1-4H;2*1-3H,(H,4,5);2*1-3H. The van der Waals surface area contributed by atoms with Crippen LogP contribution in [0.15, 0.2) is 367 Å². The van der Waals surface area contributed by atoms with Crippen molar-refractivity contribution in [3.63, 3.8) is 0 Å². The van der Waals surface area contributed by atoms with Crippen molar-refractivity contribution in [2.75, 3.05) is 0 Å². The first-order valence-corrected chi connectivity index (χ1v) is 25.5. The van der Waals surface area contributed by atoms with Gasteiger partial charge in [-0.3, -0.25) is 25.0 Å². The van der Waals surface area contributed by atoms with Crippen LogP contribution < -0.4 is 0 Å². The first-order chi connectivity index (χ1) is 41.5. The van der Waals surface area contributed by atoms with Crippen molar-refractivity contribution < 1.29 is 17.7 Å². The van der Waals surface area contributed by atoms with Gasteiger partial charge in [-0.05, 0) is 102 Å². The summed E-state index contributed by atoms with van der Waals surface area (Å²) in [5, 5.41) is 10.3. The molecule has 14 aromatic heterocycles. The highest BCUT2D eigenvalue weighted by Gasteiger charge is 1.88. The maximum Gasteiger partial charge on any atom is 0.180 e. The summed E-state index contributed by atoms with van der Waals surface area (Å²) in [5.74, 6) is 0. The Labute approximate surface area is 484 Å². The fraction of sp³-hybridized carbons (Fsp3) is 0.0167. The van der Waals surface area contributed by atoms with E-state index in [1.54, 1.807) is 167 Å². The Balaban J connectivity index is 0.000000305. The number of hydrogen-bond donors (Lipinski definition) is 5. The first kappa shape index (κ1) is 67.3. The Morgan fingerprint density at radius 2 is 0.916 bits per heavy atom. The topological polar surface area (TPSA) is 299 Å². The summed E-state index contributed by atoms with van der Waals surface area (Å²) >= 11 is 1.71. The lowest BCUT2D eigenvalue weighted by Crippen LogP contribution is -1.66. The van der Waals surface area contributed by atoms with E-state index in [-0.39, 0.29) is 0 Å². The highest BCUT2D eigenvalue weighted by Crippen LogP contribution is 2.05. The zero-order valence-electron chi connectivity index (χ0n) is 45.0. The van der Waals surface area contributed by atoms with Crippen LogP contribution in [0.1, 0.15) is 6.42 Å². The minimum Gasteiger partial charge on any atom is -0.473 e. The van der Waals surface area contributed by atoms with Crippen molar-refractivity contribution in [1.82, 2.24) is 85.0 Å². The van der Waals surface area contributed by atoms with Gasteiger partial charge in [-0.2, -0.15) is 16.4 Å². The van der Waals surface area contributed by atoms with E-state index in [2.05, 4.69) is 108 Å². The van der Waals surface area contributed by atoms with Crippen LogP contribution in [0.4, 0.5) is 0 Å². The summed E-state index contributed by atoms with van der Waals surface area (Å²) in [6.45, 7) is 0. The molecule has 0 spiro atoms. The van der Waals surface area contributed by atoms with Gasteiger partial charge in [0.25, 0.3) is 0 Å². The van der Waals surface area contributed by atoms with Crippen molar-refractivity contribution in [1.29, 1.82) is 0 Å². The number of H-pyrrole nitrogens is 5. The number of nitrogens with one attached hydrogen (secondary N) is 5. The molecule has 0 unspecified atom stereocenters. The lowest BCUT2D eigenvalue weighted by atomic mass is 10.3. The Morgan fingerprint density at radius 1 is 0.373 bits per heavy atom. The van der Waals surface area contributed by atoms with Gasteiger partial charge in [-0.15, -0.1) is 0 Å². The van der Waals surface area contributed by atoms with Crippen LogP contribution in [0.5, 0.6) is 0 Å². The number of aromatic nitrogens is 17. The lowest BCUT2D eigenvalue weighted by Gasteiger charge is -1.81. The molecule has 0 aliphatic carbocycles. The monoisotopic (exact) mass is 1130 g/mol. The van der Waals surface area contributed by atoms with Crippen LogP contribution in [-0.2, 0) is 0 Å². The fourth-order valence-corrected chi connectivity index (χ4v) is 4.73. The number of aromatic amines is 5. The van der Waals surface area contributed by atoms with Crippen molar-refractivity contribution in [3.05, 3.63) is 344 Å². The molecular formula is C60H64N18O4S. The Kier molecular flexibility index (Phi) is 48.1.